The van der Waals surface area contributed by atoms with E-state index < -0.39 is 6.04 Å². The van der Waals surface area contributed by atoms with Crippen LogP contribution in [0.5, 0.6) is 0 Å². The van der Waals surface area contributed by atoms with Crippen molar-refractivity contribution in [1.82, 2.24) is 0 Å². The van der Waals surface area contributed by atoms with Gasteiger partial charge in [0.15, 0.2) is 0 Å². The van der Waals surface area contributed by atoms with Gasteiger partial charge in [0, 0.05) is 23.9 Å². The van der Waals surface area contributed by atoms with Crippen LogP contribution in [0.15, 0.2) is 22.7 Å². The van der Waals surface area contributed by atoms with Crippen LogP contribution in [0.1, 0.15) is 18.4 Å². The molecule has 5 heteroatoms. The average Bonchev–Trinajstić information content (AvgIpc) is 2.32. The summed E-state index contributed by atoms with van der Waals surface area (Å²) in [6, 6.07) is 5.20. The lowest BCUT2D eigenvalue weighted by Gasteiger charge is -2.13. The van der Waals surface area contributed by atoms with E-state index in [2.05, 4.69) is 21.2 Å². The smallest absolute Gasteiger partial charge is 0.241 e. The molecule has 1 amide bonds. The van der Waals surface area contributed by atoms with Crippen LogP contribution in [0.4, 0.5) is 5.69 Å². The van der Waals surface area contributed by atoms with Crippen molar-refractivity contribution in [1.29, 1.82) is 0 Å². The van der Waals surface area contributed by atoms with E-state index in [-0.39, 0.29) is 5.91 Å². The van der Waals surface area contributed by atoms with Crippen LogP contribution in [0.3, 0.4) is 0 Å². The van der Waals surface area contributed by atoms with Gasteiger partial charge in [-0.1, -0.05) is 15.9 Å². The molecule has 0 aliphatic carbocycles. The fourth-order valence-electron chi connectivity index (χ4n) is 1.57. The van der Waals surface area contributed by atoms with Gasteiger partial charge in [0.1, 0.15) is 0 Å². The highest BCUT2D eigenvalue weighted by molar-refractivity contribution is 9.10. The number of benzene rings is 1. The number of carbonyl (C=O) groups is 1. The lowest BCUT2D eigenvalue weighted by Crippen LogP contribution is -2.35. The summed E-state index contributed by atoms with van der Waals surface area (Å²) in [6.07, 6.45) is 1.40. The fourth-order valence-corrected chi connectivity index (χ4v) is 2.05. The van der Waals surface area contributed by atoms with Crippen LogP contribution < -0.4 is 11.1 Å². The molecule has 18 heavy (non-hydrogen) atoms. The number of ether oxygens (including phenoxy) is 1. The van der Waals surface area contributed by atoms with E-state index in [0.717, 1.165) is 22.1 Å². The molecule has 0 aromatic heterocycles. The van der Waals surface area contributed by atoms with Crippen LogP contribution in [0, 0.1) is 6.92 Å². The van der Waals surface area contributed by atoms with E-state index >= 15 is 0 Å². The second kappa shape index (κ2) is 7.51. The summed E-state index contributed by atoms with van der Waals surface area (Å²) in [4.78, 5) is 11.9. The number of hydrogen-bond donors (Lipinski definition) is 2. The lowest BCUT2D eigenvalue weighted by atomic mass is 10.1. The molecule has 0 heterocycles. The lowest BCUT2D eigenvalue weighted by molar-refractivity contribution is -0.117. The molecule has 0 saturated carbocycles. The Morgan fingerprint density at radius 1 is 1.56 bits per heavy atom. The molecule has 0 bridgehead atoms. The summed E-state index contributed by atoms with van der Waals surface area (Å²) >= 11 is 3.38. The molecule has 1 aromatic carbocycles. The zero-order valence-corrected chi connectivity index (χ0v) is 12.3. The molecule has 0 fully saturated rings. The number of hydrogen-bond acceptors (Lipinski definition) is 3. The standard InChI is InChI=1S/C13H19BrN2O2/c1-9-8-10(14)5-6-12(9)16-13(17)11(15)4-3-7-18-2/h5-6,8,11H,3-4,7,15H2,1-2H3,(H,16,17). The minimum Gasteiger partial charge on any atom is -0.385 e. The summed E-state index contributed by atoms with van der Waals surface area (Å²) < 4.78 is 5.92. The number of rotatable bonds is 6. The highest BCUT2D eigenvalue weighted by atomic mass is 79.9. The summed E-state index contributed by atoms with van der Waals surface area (Å²) in [6.45, 7) is 2.56. The van der Waals surface area contributed by atoms with Gasteiger partial charge in [-0.2, -0.15) is 0 Å². The maximum absolute atomic E-state index is 11.9. The first-order valence-corrected chi connectivity index (χ1v) is 6.65. The average molecular weight is 315 g/mol. The van der Waals surface area contributed by atoms with Gasteiger partial charge in [0.05, 0.1) is 6.04 Å². The van der Waals surface area contributed by atoms with Crippen LogP contribution in [0.25, 0.3) is 0 Å². The molecule has 4 nitrogen and oxygen atoms in total. The summed E-state index contributed by atoms with van der Waals surface area (Å²) in [7, 11) is 1.64. The predicted octanol–water partition coefficient (Wildman–Crippen LogP) is 2.45. The Balaban J connectivity index is 2.53. The third kappa shape index (κ3) is 4.76. The van der Waals surface area contributed by atoms with Crippen molar-refractivity contribution in [2.75, 3.05) is 19.0 Å². The second-order valence-corrected chi connectivity index (χ2v) is 5.11. The molecule has 100 valence electrons. The van der Waals surface area contributed by atoms with E-state index in [1.54, 1.807) is 7.11 Å². The van der Waals surface area contributed by atoms with E-state index in [0.29, 0.717) is 13.0 Å². The summed E-state index contributed by atoms with van der Waals surface area (Å²) in [5, 5.41) is 2.84. The van der Waals surface area contributed by atoms with Gasteiger partial charge in [-0.15, -0.1) is 0 Å². The topological polar surface area (TPSA) is 64.3 Å². The molecule has 0 saturated heterocycles. The zero-order chi connectivity index (χ0) is 13.5. The van der Waals surface area contributed by atoms with Gasteiger partial charge in [0.25, 0.3) is 0 Å². The van der Waals surface area contributed by atoms with Gasteiger partial charge in [-0.3, -0.25) is 4.79 Å². The van der Waals surface area contributed by atoms with Crippen LogP contribution in [-0.4, -0.2) is 25.7 Å². The number of aryl methyl sites for hydroxylation is 1. The van der Waals surface area contributed by atoms with Crippen molar-refractivity contribution in [3.8, 4) is 0 Å². The molecular weight excluding hydrogens is 296 g/mol. The molecular formula is C13H19BrN2O2. The quantitative estimate of drug-likeness (QED) is 0.793. The fraction of sp³-hybridized carbons (Fsp3) is 0.462. The molecule has 0 radical (unpaired) electrons. The molecule has 3 N–H and O–H groups in total. The predicted molar refractivity (Wildman–Crippen MR) is 76.6 cm³/mol. The number of nitrogens with two attached hydrogens (primary N) is 1. The Kier molecular flexibility index (Phi) is 6.32. The largest absolute Gasteiger partial charge is 0.385 e. The first-order chi connectivity index (χ1) is 8.54. The summed E-state index contributed by atoms with van der Waals surface area (Å²) in [5.74, 6) is -0.156. The van der Waals surface area contributed by atoms with Gasteiger partial charge in [-0.25, -0.2) is 0 Å². The molecule has 0 aliphatic rings. The Hall–Kier alpha value is -0.910. The van der Waals surface area contributed by atoms with E-state index in [4.69, 9.17) is 10.5 Å². The SMILES string of the molecule is COCCCC(N)C(=O)Nc1ccc(Br)cc1C. The van der Waals surface area contributed by atoms with Gasteiger partial charge < -0.3 is 15.8 Å². The maximum Gasteiger partial charge on any atom is 0.241 e. The van der Waals surface area contributed by atoms with Crippen molar-refractivity contribution in [3.05, 3.63) is 28.2 Å². The molecule has 1 atom stereocenters. The number of anilines is 1. The third-order valence-electron chi connectivity index (χ3n) is 2.65. The van der Waals surface area contributed by atoms with Crippen LogP contribution in [-0.2, 0) is 9.53 Å². The molecule has 1 aromatic rings. The Morgan fingerprint density at radius 3 is 2.89 bits per heavy atom. The van der Waals surface area contributed by atoms with Gasteiger partial charge >= 0.3 is 0 Å². The normalized spacial score (nSPS) is 12.2. The molecule has 1 unspecified atom stereocenters. The Labute approximate surface area is 116 Å². The molecule has 1 rings (SSSR count). The highest BCUT2D eigenvalue weighted by Gasteiger charge is 2.13. The Bertz CT molecular complexity index is 410. The number of carbonyl (C=O) groups excluding carboxylic acids is 1. The first-order valence-electron chi connectivity index (χ1n) is 5.86. The molecule has 0 aliphatic heterocycles. The second-order valence-electron chi connectivity index (χ2n) is 4.19. The van der Waals surface area contributed by atoms with Crippen molar-refractivity contribution >= 4 is 27.5 Å². The van der Waals surface area contributed by atoms with E-state index in [1.165, 1.54) is 0 Å². The van der Waals surface area contributed by atoms with Gasteiger partial charge in [0.2, 0.25) is 5.91 Å². The van der Waals surface area contributed by atoms with E-state index in [1.807, 2.05) is 25.1 Å². The van der Waals surface area contributed by atoms with E-state index in [9.17, 15) is 4.79 Å². The molecule has 0 spiro atoms. The van der Waals surface area contributed by atoms with Crippen molar-refractivity contribution in [2.45, 2.75) is 25.8 Å². The van der Waals surface area contributed by atoms with Gasteiger partial charge in [-0.05, 0) is 43.5 Å². The number of methoxy groups -OCH3 is 1. The minimum atomic E-state index is -0.497. The van der Waals surface area contributed by atoms with Crippen molar-refractivity contribution in [3.63, 3.8) is 0 Å². The van der Waals surface area contributed by atoms with Crippen LogP contribution in [0.2, 0.25) is 0 Å². The monoisotopic (exact) mass is 314 g/mol. The van der Waals surface area contributed by atoms with Crippen LogP contribution >= 0.6 is 15.9 Å². The van der Waals surface area contributed by atoms with Crippen molar-refractivity contribution in [2.24, 2.45) is 5.73 Å². The first kappa shape index (κ1) is 15.1. The maximum atomic E-state index is 11.9. The Morgan fingerprint density at radius 2 is 2.28 bits per heavy atom. The van der Waals surface area contributed by atoms with Crippen molar-refractivity contribution < 1.29 is 9.53 Å². The number of amides is 1. The minimum absolute atomic E-state index is 0.156. The third-order valence-corrected chi connectivity index (χ3v) is 3.14. The zero-order valence-electron chi connectivity index (χ0n) is 10.7. The summed E-state index contributed by atoms with van der Waals surface area (Å²) in [5.41, 5.74) is 7.61. The number of halogens is 1. The number of nitrogens with one attached hydrogen (secondary N) is 1. The highest BCUT2D eigenvalue weighted by Crippen LogP contribution is 2.20.